The Morgan fingerprint density at radius 3 is 2.16 bits per heavy atom. The molecule has 5 nitrogen and oxygen atoms in total. The maximum absolute atomic E-state index is 13.0. The van der Waals surface area contributed by atoms with Crippen molar-refractivity contribution in [1.82, 2.24) is 9.62 Å². The molecule has 0 radical (unpaired) electrons. The number of nitrogens with zero attached hydrogens (tertiary/aromatic N) is 1. The van der Waals surface area contributed by atoms with Crippen molar-refractivity contribution >= 4 is 15.9 Å². The molecular weight excluding hydrogens is 408 g/mol. The van der Waals surface area contributed by atoms with Gasteiger partial charge in [-0.25, -0.2) is 8.42 Å². The lowest BCUT2D eigenvalue weighted by molar-refractivity contribution is 0.0951. The molecule has 3 aromatic carbocycles. The SMILES string of the molecule is CCN(Cc1ccc(C(=O)NCc2cccc(C)c2)cc1)S(=O)(=O)c1ccc(C)cc1. The minimum Gasteiger partial charge on any atom is -0.348 e. The summed E-state index contributed by atoms with van der Waals surface area (Å²) < 4.78 is 27.4. The number of hydrogen-bond acceptors (Lipinski definition) is 3. The van der Waals surface area contributed by atoms with Gasteiger partial charge in [-0.1, -0.05) is 66.6 Å². The second-order valence-electron chi connectivity index (χ2n) is 7.61. The quantitative estimate of drug-likeness (QED) is 0.568. The molecule has 1 amide bonds. The number of amides is 1. The van der Waals surface area contributed by atoms with Crippen LogP contribution in [0.15, 0.2) is 77.7 Å². The van der Waals surface area contributed by atoms with E-state index >= 15 is 0 Å². The third kappa shape index (κ3) is 5.81. The molecule has 6 heteroatoms. The molecule has 1 N–H and O–H groups in total. The van der Waals surface area contributed by atoms with Crippen LogP contribution in [0.2, 0.25) is 0 Å². The highest BCUT2D eigenvalue weighted by atomic mass is 32.2. The monoisotopic (exact) mass is 436 g/mol. The summed E-state index contributed by atoms with van der Waals surface area (Å²) in [5, 5.41) is 2.92. The molecule has 162 valence electrons. The van der Waals surface area contributed by atoms with E-state index in [0.717, 1.165) is 22.3 Å². The van der Waals surface area contributed by atoms with E-state index < -0.39 is 10.0 Å². The van der Waals surface area contributed by atoms with Crippen molar-refractivity contribution in [3.63, 3.8) is 0 Å². The number of benzene rings is 3. The van der Waals surface area contributed by atoms with E-state index in [1.54, 1.807) is 48.5 Å². The zero-order valence-electron chi connectivity index (χ0n) is 18.1. The third-order valence-electron chi connectivity index (χ3n) is 5.12. The van der Waals surface area contributed by atoms with Crippen molar-refractivity contribution in [3.8, 4) is 0 Å². The van der Waals surface area contributed by atoms with Gasteiger partial charge >= 0.3 is 0 Å². The first-order valence-corrected chi connectivity index (χ1v) is 11.7. The summed E-state index contributed by atoms with van der Waals surface area (Å²) in [5.41, 5.74) is 4.58. The lowest BCUT2D eigenvalue weighted by Crippen LogP contribution is -2.30. The molecule has 0 aliphatic heterocycles. The lowest BCUT2D eigenvalue weighted by Gasteiger charge is -2.21. The Balaban J connectivity index is 1.65. The van der Waals surface area contributed by atoms with Crippen LogP contribution in [0.4, 0.5) is 0 Å². The van der Waals surface area contributed by atoms with Crippen LogP contribution < -0.4 is 5.32 Å². The second kappa shape index (κ2) is 9.90. The van der Waals surface area contributed by atoms with Gasteiger partial charge in [0, 0.05) is 25.2 Å². The summed E-state index contributed by atoms with van der Waals surface area (Å²) in [4.78, 5) is 12.7. The van der Waals surface area contributed by atoms with E-state index in [4.69, 9.17) is 0 Å². The van der Waals surface area contributed by atoms with Crippen LogP contribution >= 0.6 is 0 Å². The molecule has 0 aliphatic carbocycles. The summed E-state index contributed by atoms with van der Waals surface area (Å²) in [6, 6.07) is 21.9. The van der Waals surface area contributed by atoms with Crippen molar-refractivity contribution in [2.45, 2.75) is 38.8 Å². The zero-order chi connectivity index (χ0) is 22.4. The Labute approximate surface area is 184 Å². The van der Waals surface area contributed by atoms with Gasteiger partial charge in [-0.3, -0.25) is 4.79 Å². The molecule has 0 saturated heterocycles. The number of carbonyl (C=O) groups is 1. The Morgan fingerprint density at radius 1 is 0.871 bits per heavy atom. The Hall–Kier alpha value is -2.96. The lowest BCUT2D eigenvalue weighted by atomic mass is 10.1. The standard InChI is InChI=1S/C25H28N2O3S/c1-4-27(31(29,30)24-14-8-19(2)9-15-24)18-21-10-12-23(13-11-21)25(28)26-17-22-7-5-6-20(3)16-22/h5-16H,4,17-18H2,1-3H3,(H,26,28). The van der Waals surface area contributed by atoms with Crippen molar-refractivity contribution in [3.05, 3.63) is 101 Å². The number of sulfonamides is 1. The van der Waals surface area contributed by atoms with Gasteiger partial charge in [0.25, 0.3) is 5.91 Å². The highest BCUT2D eigenvalue weighted by Crippen LogP contribution is 2.19. The Kier molecular flexibility index (Phi) is 7.25. The van der Waals surface area contributed by atoms with Crippen LogP contribution in [-0.4, -0.2) is 25.2 Å². The smallest absolute Gasteiger partial charge is 0.251 e. The molecule has 0 heterocycles. The fraction of sp³-hybridized carbons (Fsp3) is 0.240. The number of rotatable bonds is 8. The number of nitrogens with one attached hydrogen (secondary N) is 1. The summed E-state index contributed by atoms with van der Waals surface area (Å²) in [5.74, 6) is -0.160. The van der Waals surface area contributed by atoms with E-state index in [1.165, 1.54) is 4.31 Å². The van der Waals surface area contributed by atoms with Gasteiger partial charge in [-0.15, -0.1) is 0 Å². The van der Waals surface area contributed by atoms with Crippen LogP contribution in [0.25, 0.3) is 0 Å². The zero-order valence-corrected chi connectivity index (χ0v) is 18.9. The summed E-state index contributed by atoms with van der Waals surface area (Å²) >= 11 is 0. The van der Waals surface area contributed by atoms with Crippen molar-refractivity contribution < 1.29 is 13.2 Å². The van der Waals surface area contributed by atoms with Gasteiger partial charge in [0.1, 0.15) is 0 Å². The van der Waals surface area contributed by atoms with Gasteiger partial charge in [-0.05, 0) is 49.2 Å². The average Bonchev–Trinajstić information content (AvgIpc) is 2.76. The van der Waals surface area contributed by atoms with Crippen molar-refractivity contribution in [2.75, 3.05) is 6.54 Å². The first-order chi connectivity index (χ1) is 14.8. The fourth-order valence-corrected chi connectivity index (χ4v) is 4.73. The molecule has 0 aromatic heterocycles. The molecule has 3 aromatic rings. The predicted octanol–water partition coefficient (Wildman–Crippen LogP) is 4.44. The fourth-order valence-electron chi connectivity index (χ4n) is 3.30. The van der Waals surface area contributed by atoms with E-state index in [1.807, 2.05) is 45.0 Å². The molecule has 0 atom stereocenters. The molecule has 0 saturated carbocycles. The molecular formula is C25H28N2O3S. The highest BCUT2D eigenvalue weighted by molar-refractivity contribution is 7.89. The van der Waals surface area contributed by atoms with Crippen LogP contribution in [0, 0.1) is 13.8 Å². The molecule has 3 rings (SSSR count). The number of carbonyl (C=O) groups excluding carboxylic acids is 1. The van der Waals surface area contributed by atoms with Crippen LogP contribution in [0.5, 0.6) is 0 Å². The topological polar surface area (TPSA) is 66.5 Å². The summed E-state index contributed by atoms with van der Waals surface area (Å²) in [6.07, 6.45) is 0. The van der Waals surface area contributed by atoms with Crippen LogP contribution in [0.3, 0.4) is 0 Å². The first-order valence-electron chi connectivity index (χ1n) is 10.3. The molecule has 31 heavy (non-hydrogen) atoms. The van der Waals surface area contributed by atoms with E-state index in [2.05, 4.69) is 5.32 Å². The maximum Gasteiger partial charge on any atom is 0.251 e. The van der Waals surface area contributed by atoms with Crippen molar-refractivity contribution in [1.29, 1.82) is 0 Å². The number of hydrogen-bond donors (Lipinski definition) is 1. The van der Waals surface area contributed by atoms with E-state index in [9.17, 15) is 13.2 Å². The molecule has 0 unspecified atom stereocenters. The maximum atomic E-state index is 13.0. The number of aryl methyl sites for hydroxylation is 2. The van der Waals surface area contributed by atoms with Gasteiger partial charge in [-0.2, -0.15) is 4.31 Å². The summed E-state index contributed by atoms with van der Waals surface area (Å²) in [7, 11) is -3.58. The normalized spacial score (nSPS) is 11.5. The van der Waals surface area contributed by atoms with Gasteiger partial charge in [0.15, 0.2) is 0 Å². The van der Waals surface area contributed by atoms with E-state index in [0.29, 0.717) is 18.7 Å². The minimum absolute atomic E-state index is 0.160. The van der Waals surface area contributed by atoms with Crippen LogP contribution in [-0.2, 0) is 23.1 Å². The van der Waals surface area contributed by atoms with Crippen molar-refractivity contribution in [2.24, 2.45) is 0 Å². The first kappa shape index (κ1) is 22.7. The summed E-state index contributed by atoms with van der Waals surface area (Å²) in [6.45, 7) is 6.82. The molecule has 0 spiro atoms. The second-order valence-corrected chi connectivity index (χ2v) is 9.55. The minimum atomic E-state index is -3.58. The van der Waals surface area contributed by atoms with Gasteiger partial charge in [0.05, 0.1) is 4.90 Å². The van der Waals surface area contributed by atoms with Crippen LogP contribution in [0.1, 0.15) is 39.5 Å². The Bertz CT molecular complexity index is 1140. The van der Waals surface area contributed by atoms with Gasteiger partial charge in [0.2, 0.25) is 10.0 Å². The largest absolute Gasteiger partial charge is 0.348 e. The average molecular weight is 437 g/mol. The van der Waals surface area contributed by atoms with Gasteiger partial charge < -0.3 is 5.32 Å². The molecule has 0 aliphatic rings. The molecule has 0 fully saturated rings. The van der Waals surface area contributed by atoms with E-state index in [-0.39, 0.29) is 17.3 Å². The Morgan fingerprint density at radius 2 is 1.55 bits per heavy atom. The molecule has 0 bridgehead atoms. The predicted molar refractivity (Wildman–Crippen MR) is 123 cm³/mol. The third-order valence-corrected chi connectivity index (χ3v) is 7.06. The highest BCUT2D eigenvalue weighted by Gasteiger charge is 2.23.